The third-order valence-electron chi connectivity index (χ3n) is 4.74. The van der Waals surface area contributed by atoms with Crippen molar-refractivity contribution in [2.24, 2.45) is 7.05 Å². The van der Waals surface area contributed by atoms with Crippen LogP contribution >= 0.6 is 0 Å². The summed E-state index contributed by atoms with van der Waals surface area (Å²) in [6.45, 7) is 2.05. The van der Waals surface area contributed by atoms with Crippen LogP contribution in [0, 0.1) is 0 Å². The first-order valence-corrected chi connectivity index (χ1v) is 8.27. The molecule has 3 aromatic heterocycles. The summed E-state index contributed by atoms with van der Waals surface area (Å²) in [4.78, 5) is 6.75. The first-order chi connectivity index (χ1) is 12.2. The lowest BCUT2D eigenvalue weighted by atomic mass is 10.1. The minimum atomic E-state index is 0.428. The van der Waals surface area contributed by atoms with Crippen LogP contribution in [0.15, 0.2) is 36.7 Å². The molecular formula is C17H18N8. The molecule has 8 heteroatoms. The van der Waals surface area contributed by atoms with E-state index in [9.17, 15) is 0 Å². The molecule has 1 aliphatic heterocycles. The smallest absolute Gasteiger partial charge is 0.241 e. The zero-order valence-corrected chi connectivity index (χ0v) is 14.1. The largest absolute Gasteiger partial charge is 0.348 e. The lowest BCUT2D eigenvalue weighted by molar-refractivity contribution is 0.204. The average Bonchev–Trinajstić information content (AvgIpc) is 3.17. The van der Waals surface area contributed by atoms with E-state index < -0.39 is 0 Å². The summed E-state index contributed by atoms with van der Waals surface area (Å²) >= 11 is 0. The van der Waals surface area contributed by atoms with Crippen LogP contribution in [0.1, 0.15) is 0 Å². The highest BCUT2D eigenvalue weighted by atomic mass is 15.4. The summed E-state index contributed by atoms with van der Waals surface area (Å²) in [5.74, 6) is 0.666. The van der Waals surface area contributed by atoms with Gasteiger partial charge in [0, 0.05) is 31.9 Å². The van der Waals surface area contributed by atoms with E-state index in [1.165, 1.54) is 0 Å². The summed E-state index contributed by atoms with van der Waals surface area (Å²) in [5.41, 5.74) is 5.07. The molecule has 4 heterocycles. The van der Waals surface area contributed by atoms with E-state index >= 15 is 0 Å². The molecule has 8 nitrogen and oxygen atoms in total. The Labute approximate surface area is 144 Å². The number of hydrogen-bond donors (Lipinski definition) is 1. The molecule has 0 bridgehead atoms. The number of rotatable bonds is 3. The van der Waals surface area contributed by atoms with Crippen molar-refractivity contribution in [2.45, 2.75) is 6.04 Å². The minimum Gasteiger partial charge on any atom is -0.348 e. The number of nitrogens with one attached hydrogen (secondary N) is 1. The number of benzene rings is 1. The summed E-state index contributed by atoms with van der Waals surface area (Å²) in [6, 6.07) is 8.64. The van der Waals surface area contributed by atoms with Crippen molar-refractivity contribution in [2.75, 3.05) is 25.5 Å². The van der Waals surface area contributed by atoms with Gasteiger partial charge in [-0.3, -0.25) is 0 Å². The molecule has 0 amide bonds. The molecular weight excluding hydrogens is 316 g/mol. The second-order valence-electron chi connectivity index (χ2n) is 6.62. The number of likely N-dealkylation sites (N-methyl/N-ethyl adjacent to an activating group) is 1. The highest BCUT2D eigenvalue weighted by Gasteiger charge is 2.23. The fourth-order valence-electron chi connectivity index (χ4n) is 3.38. The van der Waals surface area contributed by atoms with Crippen molar-refractivity contribution in [3.8, 4) is 11.1 Å². The van der Waals surface area contributed by atoms with Crippen LogP contribution in [-0.4, -0.2) is 60.7 Å². The van der Waals surface area contributed by atoms with Crippen molar-refractivity contribution >= 4 is 22.5 Å². The van der Waals surface area contributed by atoms with Gasteiger partial charge in [-0.15, -0.1) is 10.2 Å². The number of nitrogens with zero attached hydrogens (tertiary/aromatic N) is 7. The number of anilines is 1. The fraction of sp³-hybridized carbons (Fsp3) is 0.294. The lowest BCUT2D eigenvalue weighted by Crippen LogP contribution is -2.52. The second-order valence-corrected chi connectivity index (χ2v) is 6.62. The van der Waals surface area contributed by atoms with Gasteiger partial charge < -0.3 is 10.2 Å². The molecule has 0 aliphatic carbocycles. The van der Waals surface area contributed by atoms with E-state index in [-0.39, 0.29) is 0 Å². The molecule has 4 aromatic rings. The maximum absolute atomic E-state index is 4.58. The van der Waals surface area contributed by atoms with Crippen LogP contribution in [-0.2, 0) is 7.05 Å². The van der Waals surface area contributed by atoms with Gasteiger partial charge in [0.2, 0.25) is 5.95 Å². The maximum Gasteiger partial charge on any atom is 0.241 e. The molecule has 0 saturated carbocycles. The number of likely N-dealkylation sites (tertiary alicyclic amines) is 1. The Hall–Kier alpha value is -3.00. The Morgan fingerprint density at radius 1 is 1.12 bits per heavy atom. The molecule has 0 atom stereocenters. The molecule has 0 unspecified atom stereocenters. The third-order valence-corrected chi connectivity index (χ3v) is 4.74. The van der Waals surface area contributed by atoms with Crippen molar-refractivity contribution in [3.63, 3.8) is 0 Å². The molecule has 25 heavy (non-hydrogen) atoms. The molecule has 1 N–H and O–H groups in total. The van der Waals surface area contributed by atoms with Crippen LogP contribution in [0.3, 0.4) is 0 Å². The highest BCUT2D eigenvalue weighted by Crippen LogP contribution is 2.27. The van der Waals surface area contributed by atoms with Gasteiger partial charge in [-0.25, -0.2) is 14.2 Å². The number of aryl methyl sites for hydroxylation is 1. The van der Waals surface area contributed by atoms with Crippen molar-refractivity contribution < 1.29 is 0 Å². The maximum atomic E-state index is 4.58. The average molecular weight is 334 g/mol. The first kappa shape index (κ1) is 14.4. The van der Waals surface area contributed by atoms with Gasteiger partial charge in [0.1, 0.15) is 5.52 Å². The number of aromatic nitrogens is 6. The monoisotopic (exact) mass is 334 g/mol. The van der Waals surface area contributed by atoms with Gasteiger partial charge in [0.05, 0.1) is 23.3 Å². The Morgan fingerprint density at radius 3 is 2.84 bits per heavy atom. The topological polar surface area (TPSA) is 76.2 Å². The van der Waals surface area contributed by atoms with Crippen LogP contribution in [0.5, 0.6) is 0 Å². The highest BCUT2D eigenvalue weighted by molar-refractivity contribution is 5.87. The Balaban J connectivity index is 1.51. The van der Waals surface area contributed by atoms with Gasteiger partial charge >= 0.3 is 0 Å². The van der Waals surface area contributed by atoms with Gasteiger partial charge in [0.25, 0.3) is 0 Å². The number of fused-ring (bicyclic) bond motifs is 2. The van der Waals surface area contributed by atoms with Crippen LogP contribution < -0.4 is 5.32 Å². The van der Waals surface area contributed by atoms with Crippen molar-refractivity contribution in [3.05, 3.63) is 36.7 Å². The Kier molecular flexibility index (Phi) is 3.01. The standard InChI is InChI=1S/C17H18N8/c1-23-9-12(10-23)19-17-18-8-16-13(5-6-25(16)21-17)11-3-4-14-15(7-11)24(2)22-20-14/h3-8,12H,9-10H2,1-2H3,(H,19,21). The van der Waals surface area contributed by atoms with E-state index in [1.807, 2.05) is 30.0 Å². The van der Waals surface area contributed by atoms with Gasteiger partial charge in [0.15, 0.2) is 0 Å². The van der Waals surface area contributed by atoms with E-state index in [1.54, 1.807) is 4.68 Å². The van der Waals surface area contributed by atoms with E-state index in [2.05, 4.69) is 55.9 Å². The second kappa shape index (κ2) is 5.25. The molecule has 1 aromatic carbocycles. The molecule has 0 radical (unpaired) electrons. The zero-order chi connectivity index (χ0) is 17.0. The minimum absolute atomic E-state index is 0.428. The predicted molar refractivity (Wildman–Crippen MR) is 95.4 cm³/mol. The summed E-state index contributed by atoms with van der Waals surface area (Å²) in [6.07, 6.45) is 3.84. The summed E-state index contributed by atoms with van der Waals surface area (Å²) in [5, 5.41) is 16.2. The third kappa shape index (κ3) is 2.33. The lowest BCUT2D eigenvalue weighted by Gasteiger charge is -2.36. The Bertz CT molecular complexity index is 1070. The molecule has 0 spiro atoms. The first-order valence-electron chi connectivity index (χ1n) is 8.27. The number of hydrogen-bond acceptors (Lipinski definition) is 6. The van der Waals surface area contributed by atoms with Crippen molar-refractivity contribution in [1.82, 2.24) is 34.5 Å². The normalized spacial score (nSPS) is 15.8. The quantitative estimate of drug-likeness (QED) is 0.610. The van der Waals surface area contributed by atoms with Gasteiger partial charge in [-0.05, 0) is 30.8 Å². The molecule has 1 aliphatic rings. The van der Waals surface area contributed by atoms with Gasteiger partial charge in [-0.2, -0.15) is 0 Å². The van der Waals surface area contributed by atoms with Gasteiger partial charge in [-0.1, -0.05) is 11.3 Å². The fourth-order valence-corrected chi connectivity index (χ4v) is 3.38. The van der Waals surface area contributed by atoms with E-state index in [0.717, 1.165) is 40.8 Å². The SMILES string of the molecule is CN1CC(Nc2ncc3c(-c4ccc5nnn(C)c5c4)ccn3n2)C1. The Morgan fingerprint density at radius 2 is 2.00 bits per heavy atom. The van der Waals surface area contributed by atoms with Crippen LogP contribution in [0.25, 0.3) is 27.7 Å². The van der Waals surface area contributed by atoms with E-state index in [0.29, 0.717) is 12.0 Å². The van der Waals surface area contributed by atoms with Crippen LogP contribution in [0.2, 0.25) is 0 Å². The summed E-state index contributed by atoms with van der Waals surface area (Å²) in [7, 11) is 4.00. The van der Waals surface area contributed by atoms with E-state index in [4.69, 9.17) is 0 Å². The molecule has 1 fully saturated rings. The molecule has 1 saturated heterocycles. The predicted octanol–water partition coefficient (Wildman–Crippen LogP) is 1.40. The van der Waals surface area contributed by atoms with Crippen molar-refractivity contribution in [1.29, 1.82) is 0 Å². The molecule has 5 rings (SSSR count). The molecule has 126 valence electrons. The summed E-state index contributed by atoms with van der Waals surface area (Å²) < 4.78 is 3.66. The zero-order valence-electron chi connectivity index (χ0n) is 14.1. The van der Waals surface area contributed by atoms with Crippen LogP contribution in [0.4, 0.5) is 5.95 Å².